The van der Waals surface area contributed by atoms with Crippen LogP contribution in [-0.2, 0) is 0 Å². The maximum atomic E-state index is 9.89. The van der Waals surface area contributed by atoms with Crippen molar-refractivity contribution in [2.45, 2.75) is 0 Å². The zero-order valence-corrected chi connectivity index (χ0v) is 12.2. The molecule has 0 aromatic heterocycles. The molecule has 0 radical (unpaired) electrons. The van der Waals surface area contributed by atoms with Crippen LogP contribution in [0.5, 0.6) is 23.0 Å². The second-order valence-corrected chi connectivity index (χ2v) is 4.29. The van der Waals surface area contributed by atoms with E-state index in [1.165, 1.54) is 26.6 Å². The first-order chi connectivity index (χ1) is 10.7. The number of aromatic hydroxyl groups is 2. The van der Waals surface area contributed by atoms with Gasteiger partial charge in [-0.3, -0.25) is 0 Å². The molecule has 0 unspecified atom stereocenters. The average molecular weight is 300 g/mol. The molecular weight excluding hydrogens is 284 g/mol. The molecule has 0 aliphatic carbocycles. The minimum absolute atomic E-state index is 0.00632. The summed E-state index contributed by atoms with van der Waals surface area (Å²) in [5, 5.41) is 27.5. The molecule has 0 amide bonds. The zero-order valence-electron chi connectivity index (χ0n) is 12.2. The van der Waals surface area contributed by atoms with Crippen molar-refractivity contribution in [1.82, 2.24) is 0 Å². The number of methoxy groups -OCH3 is 2. The lowest BCUT2D eigenvalue weighted by molar-refractivity contribution is 0.373. The summed E-state index contributed by atoms with van der Waals surface area (Å²) in [6.07, 6.45) is 2.79. The highest BCUT2D eigenvalue weighted by atomic mass is 16.5. The van der Waals surface area contributed by atoms with E-state index in [2.05, 4.69) is 10.2 Å². The lowest BCUT2D eigenvalue weighted by Crippen LogP contribution is -1.89. The largest absolute Gasteiger partial charge is 0.504 e. The Morgan fingerprint density at radius 2 is 1.18 bits per heavy atom. The number of nitrogens with zero attached hydrogens (tertiary/aromatic N) is 2. The molecule has 22 heavy (non-hydrogen) atoms. The molecule has 0 fully saturated rings. The fourth-order valence-corrected chi connectivity index (χ4v) is 1.81. The SMILES string of the molecule is COc1cccc(C=NN=Cc2cccc(OC)c2O)c1O. The second-order valence-electron chi connectivity index (χ2n) is 4.29. The van der Waals surface area contributed by atoms with Crippen LogP contribution in [0, 0.1) is 0 Å². The van der Waals surface area contributed by atoms with E-state index in [4.69, 9.17) is 9.47 Å². The number of benzene rings is 2. The maximum absolute atomic E-state index is 9.89. The molecule has 0 heterocycles. The Balaban J connectivity index is 2.16. The smallest absolute Gasteiger partial charge is 0.166 e. The lowest BCUT2D eigenvalue weighted by Gasteiger charge is -2.04. The highest BCUT2D eigenvalue weighted by Crippen LogP contribution is 2.29. The third-order valence-electron chi connectivity index (χ3n) is 2.96. The number of rotatable bonds is 5. The molecule has 2 N–H and O–H groups in total. The fraction of sp³-hybridized carbons (Fsp3) is 0.125. The molecular formula is C16H16N2O4. The van der Waals surface area contributed by atoms with Gasteiger partial charge in [0.05, 0.1) is 26.6 Å². The summed E-state index contributed by atoms with van der Waals surface area (Å²) in [4.78, 5) is 0. The van der Waals surface area contributed by atoms with Crippen molar-refractivity contribution in [3.8, 4) is 23.0 Å². The summed E-state index contributed by atoms with van der Waals surface area (Å²) in [7, 11) is 2.94. The minimum atomic E-state index is -0.00632. The number of hydrogen-bond donors (Lipinski definition) is 2. The average Bonchev–Trinajstić information content (AvgIpc) is 2.54. The van der Waals surface area contributed by atoms with Crippen molar-refractivity contribution in [2.24, 2.45) is 10.2 Å². The van der Waals surface area contributed by atoms with Crippen LogP contribution < -0.4 is 9.47 Å². The summed E-state index contributed by atoms with van der Waals surface area (Å²) < 4.78 is 10.0. The van der Waals surface area contributed by atoms with Gasteiger partial charge in [0.25, 0.3) is 0 Å². The van der Waals surface area contributed by atoms with Crippen molar-refractivity contribution < 1.29 is 19.7 Å². The summed E-state index contributed by atoms with van der Waals surface area (Å²) in [5.74, 6) is 0.707. The number of phenols is 2. The Hall–Kier alpha value is -3.02. The predicted molar refractivity (Wildman–Crippen MR) is 84.5 cm³/mol. The van der Waals surface area contributed by atoms with Crippen molar-refractivity contribution in [1.29, 1.82) is 0 Å². The van der Waals surface area contributed by atoms with Crippen molar-refractivity contribution in [2.75, 3.05) is 14.2 Å². The first kappa shape index (κ1) is 15.4. The Morgan fingerprint density at radius 3 is 1.55 bits per heavy atom. The number of hydrogen-bond acceptors (Lipinski definition) is 6. The van der Waals surface area contributed by atoms with Crippen LogP contribution >= 0.6 is 0 Å². The summed E-state index contributed by atoms with van der Waals surface area (Å²) in [5.41, 5.74) is 0.956. The van der Waals surface area contributed by atoms with Gasteiger partial charge in [0.1, 0.15) is 0 Å². The van der Waals surface area contributed by atoms with Gasteiger partial charge in [0.2, 0.25) is 0 Å². The van der Waals surface area contributed by atoms with Gasteiger partial charge in [-0.05, 0) is 24.3 Å². The van der Waals surface area contributed by atoms with E-state index in [1.54, 1.807) is 36.4 Å². The first-order valence-corrected chi connectivity index (χ1v) is 6.45. The molecule has 2 aromatic rings. The molecule has 0 saturated heterocycles. The normalized spacial score (nSPS) is 11.2. The van der Waals surface area contributed by atoms with E-state index in [0.717, 1.165) is 0 Å². The summed E-state index contributed by atoms with van der Waals surface area (Å²) >= 11 is 0. The monoisotopic (exact) mass is 300 g/mol. The lowest BCUT2D eigenvalue weighted by atomic mass is 10.2. The van der Waals surface area contributed by atoms with Gasteiger partial charge in [0, 0.05) is 11.1 Å². The summed E-state index contributed by atoms with van der Waals surface area (Å²) in [6, 6.07) is 10.1. The molecule has 0 spiro atoms. The van der Waals surface area contributed by atoms with E-state index >= 15 is 0 Å². The third kappa shape index (κ3) is 3.35. The van der Waals surface area contributed by atoms with Crippen LogP contribution in [0.3, 0.4) is 0 Å². The Morgan fingerprint density at radius 1 is 0.773 bits per heavy atom. The molecule has 2 aromatic carbocycles. The van der Waals surface area contributed by atoms with Gasteiger partial charge in [-0.1, -0.05) is 12.1 Å². The molecule has 2 rings (SSSR count). The van der Waals surface area contributed by atoms with Gasteiger partial charge in [-0.15, -0.1) is 0 Å². The van der Waals surface area contributed by atoms with Crippen LogP contribution in [0.15, 0.2) is 46.6 Å². The standard InChI is InChI=1S/C16H16N2O4/c1-21-13-7-3-5-11(15(13)19)9-17-18-10-12-6-4-8-14(22-2)16(12)20/h3-10,19-20H,1-2H3. The van der Waals surface area contributed by atoms with Gasteiger partial charge in [0.15, 0.2) is 23.0 Å². The van der Waals surface area contributed by atoms with Crippen LogP contribution in [0.2, 0.25) is 0 Å². The van der Waals surface area contributed by atoms with Gasteiger partial charge < -0.3 is 19.7 Å². The number of ether oxygens (including phenoxy) is 2. The van der Waals surface area contributed by atoms with E-state index < -0.39 is 0 Å². The zero-order chi connectivity index (χ0) is 15.9. The van der Waals surface area contributed by atoms with Gasteiger partial charge in [-0.2, -0.15) is 10.2 Å². The van der Waals surface area contributed by atoms with Crippen LogP contribution in [0.4, 0.5) is 0 Å². The Bertz CT molecular complexity index is 650. The molecule has 0 atom stereocenters. The van der Waals surface area contributed by atoms with Gasteiger partial charge >= 0.3 is 0 Å². The fourth-order valence-electron chi connectivity index (χ4n) is 1.81. The Labute approximate surface area is 128 Å². The van der Waals surface area contributed by atoms with E-state index in [-0.39, 0.29) is 11.5 Å². The van der Waals surface area contributed by atoms with Crippen LogP contribution in [-0.4, -0.2) is 36.9 Å². The molecule has 6 nitrogen and oxygen atoms in total. The maximum Gasteiger partial charge on any atom is 0.166 e. The quantitative estimate of drug-likeness (QED) is 0.656. The summed E-state index contributed by atoms with van der Waals surface area (Å²) in [6.45, 7) is 0. The molecule has 114 valence electrons. The topological polar surface area (TPSA) is 83.6 Å². The highest BCUT2D eigenvalue weighted by Gasteiger charge is 2.05. The molecule has 0 bridgehead atoms. The minimum Gasteiger partial charge on any atom is -0.504 e. The first-order valence-electron chi connectivity index (χ1n) is 6.45. The van der Waals surface area contributed by atoms with Crippen molar-refractivity contribution in [3.63, 3.8) is 0 Å². The van der Waals surface area contributed by atoms with E-state index in [0.29, 0.717) is 22.6 Å². The van der Waals surface area contributed by atoms with Gasteiger partial charge in [-0.25, -0.2) is 0 Å². The predicted octanol–water partition coefficient (Wildman–Crippen LogP) is 2.57. The van der Waals surface area contributed by atoms with Crippen LogP contribution in [0.25, 0.3) is 0 Å². The third-order valence-corrected chi connectivity index (χ3v) is 2.96. The molecule has 6 heteroatoms. The second kappa shape index (κ2) is 7.12. The van der Waals surface area contributed by atoms with Crippen molar-refractivity contribution >= 4 is 12.4 Å². The molecule has 0 aliphatic rings. The number of para-hydroxylation sites is 2. The van der Waals surface area contributed by atoms with Crippen molar-refractivity contribution in [3.05, 3.63) is 47.5 Å². The van der Waals surface area contributed by atoms with E-state index in [9.17, 15) is 10.2 Å². The molecule has 0 saturated carbocycles. The van der Waals surface area contributed by atoms with Crippen LogP contribution in [0.1, 0.15) is 11.1 Å². The number of phenolic OH excluding ortho intramolecular Hbond substituents is 2. The van der Waals surface area contributed by atoms with E-state index in [1.807, 2.05) is 0 Å². The molecule has 0 aliphatic heterocycles. The highest BCUT2D eigenvalue weighted by molar-refractivity contribution is 5.87. The Kier molecular flexibility index (Phi) is 4.98.